The third kappa shape index (κ3) is 8.52. The third-order valence-corrected chi connectivity index (χ3v) is 2.87. The summed E-state index contributed by atoms with van der Waals surface area (Å²) < 4.78 is 26.9. The van der Waals surface area contributed by atoms with Gasteiger partial charge in [-0.15, -0.1) is 0 Å². The van der Waals surface area contributed by atoms with E-state index in [9.17, 15) is 0 Å². The molecule has 1 atom stereocenters. The van der Waals surface area contributed by atoms with Gasteiger partial charge in [-0.3, -0.25) is 0 Å². The molecule has 1 aliphatic rings. The number of aliphatic hydroxyl groups is 1. The number of aliphatic hydroxyl groups excluding tert-OH is 1. The van der Waals surface area contributed by atoms with Gasteiger partial charge < -0.3 is 28.8 Å². The molecule has 0 aromatic heterocycles. The van der Waals surface area contributed by atoms with Crippen molar-refractivity contribution in [2.45, 2.75) is 31.7 Å². The molecular formula is C13H26O6. The standard InChI is InChI=1S/C13H26O6/c1-15-12(11-17-10-9-16-8-5-14)3-4-13-18-6-2-7-19-13/h12-14H,2-11H2,1H3. The van der Waals surface area contributed by atoms with E-state index in [4.69, 9.17) is 28.8 Å². The maximum atomic E-state index is 8.53. The highest BCUT2D eigenvalue weighted by molar-refractivity contribution is 4.60. The Bertz CT molecular complexity index is 196. The maximum Gasteiger partial charge on any atom is 0.157 e. The molecule has 0 radical (unpaired) electrons. The van der Waals surface area contributed by atoms with Gasteiger partial charge in [0.05, 0.1) is 52.4 Å². The van der Waals surface area contributed by atoms with E-state index in [2.05, 4.69) is 0 Å². The van der Waals surface area contributed by atoms with Crippen LogP contribution >= 0.6 is 0 Å². The molecule has 0 aliphatic carbocycles. The molecule has 6 heteroatoms. The molecule has 0 aromatic carbocycles. The molecule has 0 spiro atoms. The fraction of sp³-hybridized carbons (Fsp3) is 1.00. The van der Waals surface area contributed by atoms with Crippen LogP contribution in [0.3, 0.4) is 0 Å². The van der Waals surface area contributed by atoms with Gasteiger partial charge >= 0.3 is 0 Å². The Morgan fingerprint density at radius 1 is 1.16 bits per heavy atom. The molecule has 114 valence electrons. The SMILES string of the molecule is COC(CCC1OCCCO1)COCCOCCO. The van der Waals surface area contributed by atoms with E-state index in [0.717, 1.165) is 32.5 Å². The molecule has 6 nitrogen and oxygen atoms in total. The van der Waals surface area contributed by atoms with Crippen molar-refractivity contribution in [1.29, 1.82) is 0 Å². The van der Waals surface area contributed by atoms with Crippen LogP contribution in [0.25, 0.3) is 0 Å². The average molecular weight is 278 g/mol. The number of hydrogen-bond donors (Lipinski definition) is 1. The average Bonchev–Trinajstić information content (AvgIpc) is 2.47. The fourth-order valence-electron chi connectivity index (χ4n) is 1.79. The second-order valence-corrected chi connectivity index (χ2v) is 4.37. The molecule has 19 heavy (non-hydrogen) atoms. The molecule has 0 aromatic rings. The van der Waals surface area contributed by atoms with Gasteiger partial charge in [0.1, 0.15) is 0 Å². The largest absolute Gasteiger partial charge is 0.394 e. The second kappa shape index (κ2) is 11.6. The Labute approximate surface area is 114 Å². The first-order valence-corrected chi connectivity index (χ1v) is 6.89. The summed E-state index contributed by atoms with van der Waals surface area (Å²) >= 11 is 0. The number of ether oxygens (including phenoxy) is 5. The lowest BCUT2D eigenvalue weighted by atomic mass is 10.2. The predicted molar refractivity (Wildman–Crippen MR) is 69.1 cm³/mol. The first-order valence-electron chi connectivity index (χ1n) is 6.89. The molecular weight excluding hydrogens is 252 g/mol. The van der Waals surface area contributed by atoms with Gasteiger partial charge in [-0.25, -0.2) is 0 Å². The molecule has 0 bridgehead atoms. The molecule has 1 rings (SSSR count). The Morgan fingerprint density at radius 2 is 1.89 bits per heavy atom. The predicted octanol–water partition coefficient (Wildman–Crippen LogP) is 0.570. The van der Waals surface area contributed by atoms with E-state index >= 15 is 0 Å². The van der Waals surface area contributed by atoms with Crippen LogP contribution in [0.5, 0.6) is 0 Å². The summed E-state index contributed by atoms with van der Waals surface area (Å²) in [6.45, 7) is 3.49. The van der Waals surface area contributed by atoms with Gasteiger partial charge in [-0.1, -0.05) is 0 Å². The van der Waals surface area contributed by atoms with Crippen LogP contribution in [-0.2, 0) is 23.7 Å². The molecule has 1 saturated heterocycles. The lowest BCUT2D eigenvalue weighted by molar-refractivity contribution is -0.184. The van der Waals surface area contributed by atoms with Crippen molar-refractivity contribution in [3.63, 3.8) is 0 Å². The second-order valence-electron chi connectivity index (χ2n) is 4.37. The summed E-state index contributed by atoms with van der Waals surface area (Å²) in [4.78, 5) is 0. The van der Waals surface area contributed by atoms with E-state index in [1.165, 1.54) is 0 Å². The molecule has 1 aliphatic heterocycles. The van der Waals surface area contributed by atoms with Crippen molar-refractivity contribution in [3.05, 3.63) is 0 Å². The molecule has 0 saturated carbocycles. The number of methoxy groups -OCH3 is 1. The molecule has 1 heterocycles. The van der Waals surface area contributed by atoms with E-state index in [1.807, 2.05) is 0 Å². The van der Waals surface area contributed by atoms with E-state index in [-0.39, 0.29) is 19.0 Å². The first kappa shape index (κ1) is 16.8. The number of rotatable bonds is 11. The topological polar surface area (TPSA) is 66.4 Å². The maximum absolute atomic E-state index is 8.53. The minimum Gasteiger partial charge on any atom is -0.394 e. The molecule has 1 N–H and O–H groups in total. The smallest absolute Gasteiger partial charge is 0.157 e. The lowest BCUT2D eigenvalue weighted by Gasteiger charge is -2.24. The Hall–Kier alpha value is -0.240. The third-order valence-electron chi connectivity index (χ3n) is 2.87. The van der Waals surface area contributed by atoms with E-state index < -0.39 is 0 Å². The Kier molecular flexibility index (Phi) is 10.2. The number of hydrogen-bond acceptors (Lipinski definition) is 6. The zero-order valence-electron chi connectivity index (χ0n) is 11.7. The minimum absolute atomic E-state index is 0.0437. The fourth-order valence-corrected chi connectivity index (χ4v) is 1.79. The van der Waals surface area contributed by atoms with Crippen molar-refractivity contribution < 1.29 is 28.8 Å². The monoisotopic (exact) mass is 278 g/mol. The quantitative estimate of drug-likeness (QED) is 0.557. The van der Waals surface area contributed by atoms with Crippen LogP contribution in [0.15, 0.2) is 0 Å². The van der Waals surface area contributed by atoms with Crippen LogP contribution in [-0.4, -0.2) is 70.9 Å². The highest BCUT2D eigenvalue weighted by Crippen LogP contribution is 2.13. The van der Waals surface area contributed by atoms with Crippen molar-refractivity contribution in [3.8, 4) is 0 Å². The van der Waals surface area contributed by atoms with Gasteiger partial charge in [0, 0.05) is 13.5 Å². The first-order chi connectivity index (χ1) is 9.36. The van der Waals surface area contributed by atoms with Gasteiger partial charge in [0.25, 0.3) is 0 Å². The zero-order chi connectivity index (χ0) is 13.8. The van der Waals surface area contributed by atoms with Crippen LogP contribution in [0.4, 0.5) is 0 Å². The van der Waals surface area contributed by atoms with Crippen LogP contribution in [0.2, 0.25) is 0 Å². The lowest BCUT2D eigenvalue weighted by Crippen LogP contribution is -2.28. The van der Waals surface area contributed by atoms with Crippen molar-refractivity contribution in [1.82, 2.24) is 0 Å². The van der Waals surface area contributed by atoms with Crippen molar-refractivity contribution in [2.75, 3.05) is 53.4 Å². The molecule has 1 fully saturated rings. The van der Waals surface area contributed by atoms with E-state index in [1.54, 1.807) is 7.11 Å². The van der Waals surface area contributed by atoms with Gasteiger partial charge in [0.2, 0.25) is 0 Å². The highest BCUT2D eigenvalue weighted by atomic mass is 16.7. The van der Waals surface area contributed by atoms with Crippen molar-refractivity contribution in [2.24, 2.45) is 0 Å². The summed E-state index contributed by atoms with van der Waals surface area (Å²) in [6, 6.07) is 0. The summed E-state index contributed by atoms with van der Waals surface area (Å²) in [5.41, 5.74) is 0. The Balaban J connectivity index is 1.98. The van der Waals surface area contributed by atoms with Crippen LogP contribution < -0.4 is 0 Å². The van der Waals surface area contributed by atoms with Crippen LogP contribution in [0, 0.1) is 0 Å². The van der Waals surface area contributed by atoms with Crippen molar-refractivity contribution >= 4 is 0 Å². The minimum atomic E-state index is -0.0979. The summed E-state index contributed by atoms with van der Waals surface area (Å²) in [7, 11) is 1.68. The van der Waals surface area contributed by atoms with Gasteiger partial charge in [-0.2, -0.15) is 0 Å². The van der Waals surface area contributed by atoms with Gasteiger partial charge in [-0.05, 0) is 12.8 Å². The highest BCUT2D eigenvalue weighted by Gasteiger charge is 2.17. The van der Waals surface area contributed by atoms with Gasteiger partial charge in [0.15, 0.2) is 6.29 Å². The summed E-state index contributed by atoms with van der Waals surface area (Å²) in [6.07, 6.45) is 2.59. The summed E-state index contributed by atoms with van der Waals surface area (Å²) in [5.74, 6) is 0. The van der Waals surface area contributed by atoms with E-state index in [0.29, 0.717) is 26.4 Å². The Morgan fingerprint density at radius 3 is 2.58 bits per heavy atom. The zero-order valence-corrected chi connectivity index (χ0v) is 11.7. The van der Waals surface area contributed by atoms with Crippen LogP contribution in [0.1, 0.15) is 19.3 Å². The molecule has 1 unspecified atom stereocenters. The molecule has 0 amide bonds. The normalized spacial score (nSPS) is 18.6. The summed E-state index contributed by atoms with van der Waals surface area (Å²) in [5, 5.41) is 8.53.